The number of fused-ring (bicyclic) bond motifs is 1. The van der Waals surface area contributed by atoms with Gasteiger partial charge in [-0.15, -0.1) is 11.6 Å². The van der Waals surface area contributed by atoms with Crippen LogP contribution >= 0.6 is 11.6 Å². The van der Waals surface area contributed by atoms with Crippen LogP contribution in [-0.2, 0) is 29.0 Å². The molecule has 10 nitrogen and oxygen atoms in total. The maximum Gasteiger partial charge on any atom is 0.327 e. The number of anilines is 1. The van der Waals surface area contributed by atoms with E-state index in [1.807, 2.05) is 24.3 Å². The summed E-state index contributed by atoms with van der Waals surface area (Å²) in [6, 6.07) is 8.10. The number of H-pyrrole nitrogens is 1. The number of nitrogens with two attached hydrogens (primary N) is 1. The van der Waals surface area contributed by atoms with Gasteiger partial charge in [-0.05, 0) is 36.9 Å². The van der Waals surface area contributed by atoms with E-state index >= 15 is 0 Å². The van der Waals surface area contributed by atoms with Crippen molar-refractivity contribution in [2.24, 2.45) is 0 Å². The molecule has 2 aromatic heterocycles. The van der Waals surface area contributed by atoms with Gasteiger partial charge in [-0.3, -0.25) is 14.3 Å². The molecule has 0 saturated heterocycles. The van der Waals surface area contributed by atoms with Crippen molar-refractivity contribution in [3.05, 3.63) is 45.9 Å². The number of nitrogens with zero attached hydrogens (tertiary/aromatic N) is 4. The summed E-state index contributed by atoms with van der Waals surface area (Å²) in [6.45, 7) is 5.30. The van der Waals surface area contributed by atoms with E-state index in [9.17, 15) is 9.59 Å². The Morgan fingerprint density at radius 1 is 1.19 bits per heavy atom. The first-order valence-corrected chi connectivity index (χ1v) is 12.8. The normalized spacial score (nSPS) is 11.3. The molecule has 3 aromatic rings. The number of nitrogens with one attached hydrogen (secondary N) is 1. The van der Waals surface area contributed by atoms with Gasteiger partial charge in [0, 0.05) is 25.5 Å². The minimum atomic E-state index is -0.278. The van der Waals surface area contributed by atoms with Crippen LogP contribution in [0.15, 0.2) is 29.1 Å². The third-order valence-corrected chi connectivity index (χ3v) is 6.06. The van der Waals surface area contributed by atoms with E-state index in [0.29, 0.717) is 43.2 Å². The Labute approximate surface area is 215 Å². The largest absolute Gasteiger partial charge is 0.469 e. The second-order valence-corrected chi connectivity index (χ2v) is 9.00. The van der Waals surface area contributed by atoms with Crippen LogP contribution in [0.2, 0.25) is 0 Å². The molecule has 0 radical (unpaired) electrons. The zero-order chi connectivity index (χ0) is 25.9. The lowest BCUT2D eigenvalue weighted by molar-refractivity contribution is -0.139. The number of hydrogen-bond donors (Lipinski definition) is 2. The van der Waals surface area contributed by atoms with Crippen LogP contribution in [0.25, 0.3) is 11.2 Å². The quantitative estimate of drug-likeness (QED) is 0.178. The fourth-order valence-electron chi connectivity index (χ4n) is 3.95. The van der Waals surface area contributed by atoms with E-state index in [1.165, 1.54) is 7.11 Å². The van der Waals surface area contributed by atoms with E-state index in [0.717, 1.165) is 43.5 Å². The zero-order valence-corrected chi connectivity index (χ0v) is 21.7. The van der Waals surface area contributed by atoms with Gasteiger partial charge < -0.3 is 20.2 Å². The monoisotopic (exact) mass is 518 g/mol. The summed E-state index contributed by atoms with van der Waals surface area (Å²) in [5.74, 6) is 0.495. The Bertz CT molecular complexity index is 1190. The summed E-state index contributed by atoms with van der Waals surface area (Å²) in [7, 11) is 1.39. The van der Waals surface area contributed by atoms with Gasteiger partial charge in [0.25, 0.3) is 0 Å². The van der Waals surface area contributed by atoms with Crippen molar-refractivity contribution >= 4 is 34.6 Å². The topological polar surface area (TPSA) is 128 Å². The molecular weight excluding hydrogens is 484 g/mol. The number of alkyl halides is 1. The van der Waals surface area contributed by atoms with Crippen LogP contribution in [0, 0.1) is 0 Å². The number of imidazole rings is 1. The first-order chi connectivity index (χ1) is 17.4. The van der Waals surface area contributed by atoms with Gasteiger partial charge in [-0.2, -0.15) is 9.97 Å². The highest BCUT2D eigenvalue weighted by Gasteiger charge is 2.15. The molecular formula is C25H35ClN6O4. The molecule has 0 atom stereocenters. The first-order valence-electron chi connectivity index (χ1n) is 12.3. The van der Waals surface area contributed by atoms with E-state index in [-0.39, 0.29) is 29.9 Å². The Kier molecular flexibility index (Phi) is 10.6. The van der Waals surface area contributed by atoms with Crippen molar-refractivity contribution in [3.63, 3.8) is 0 Å². The van der Waals surface area contributed by atoms with E-state index in [1.54, 1.807) is 4.57 Å². The predicted molar refractivity (Wildman–Crippen MR) is 140 cm³/mol. The third kappa shape index (κ3) is 7.69. The number of unbranched alkanes of at least 4 members (excludes halogenated alkanes) is 1. The maximum atomic E-state index is 12.6. The van der Waals surface area contributed by atoms with Crippen molar-refractivity contribution in [1.82, 2.24) is 24.4 Å². The fraction of sp³-hybridized carbons (Fsp3) is 0.520. The lowest BCUT2D eigenvalue weighted by atomic mass is 10.1. The smallest absolute Gasteiger partial charge is 0.327 e. The molecule has 0 unspecified atom stereocenters. The Morgan fingerprint density at radius 3 is 2.72 bits per heavy atom. The maximum absolute atomic E-state index is 12.6. The Balaban J connectivity index is 1.69. The van der Waals surface area contributed by atoms with Crippen LogP contribution in [-0.4, -0.2) is 63.1 Å². The highest BCUT2D eigenvalue weighted by atomic mass is 35.5. The summed E-state index contributed by atoms with van der Waals surface area (Å²) in [4.78, 5) is 37.9. The number of aromatic nitrogens is 4. The van der Waals surface area contributed by atoms with Gasteiger partial charge in [0.1, 0.15) is 5.52 Å². The van der Waals surface area contributed by atoms with Gasteiger partial charge in [0.15, 0.2) is 11.5 Å². The number of ether oxygens (including phenoxy) is 2. The molecule has 3 N–H and O–H groups in total. The van der Waals surface area contributed by atoms with E-state index < -0.39 is 0 Å². The molecule has 0 spiro atoms. The molecule has 11 heteroatoms. The summed E-state index contributed by atoms with van der Waals surface area (Å²) in [5.41, 5.74) is 8.65. The van der Waals surface area contributed by atoms with Crippen molar-refractivity contribution < 1.29 is 14.3 Å². The molecule has 0 amide bonds. The minimum Gasteiger partial charge on any atom is -0.469 e. The average Bonchev–Trinajstić information content (AvgIpc) is 3.18. The molecule has 0 aliphatic carbocycles. The molecule has 2 heterocycles. The molecule has 0 fully saturated rings. The fourth-order valence-corrected chi connectivity index (χ4v) is 4.07. The zero-order valence-electron chi connectivity index (χ0n) is 21.0. The SMILES string of the molecule is CCCCOc1nc(N)c2[nH]c(=O)n(CCCN(CCCCl)Cc3cccc(CC(=O)OC)c3)c2n1. The third-order valence-electron chi connectivity index (χ3n) is 5.80. The summed E-state index contributed by atoms with van der Waals surface area (Å²) >= 11 is 5.96. The number of carbonyl (C=O) groups excluding carboxylic acids is 1. The Morgan fingerprint density at radius 2 is 1.97 bits per heavy atom. The molecule has 36 heavy (non-hydrogen) atoms. The van der Waals surface area contributed by atoms with E-state index in [4.69, 9.17) is 26.8 Å². The van der Waals surface area contributed by atoms with Crippen molar-refractivity contribution in [1.29, 1.82) is 0 Å². The molecule has 0 bridgehead atoms. The van der Waals surface area contributed by atoms with Crippen LogP contribution in [0.1, 0.15) is 43.7 Å². The number of halogens is 1. The second-order valence-electron chi connectivity index (χ2n) is 8.62. The summed E-state index contributed by atoms with van der Waals surface area (Å²) < 4.78 is 12.0. The van der Waals surface area contributed by atoms with Gasteiger partial charge in [-0.25, -0.2) is 4.79 Å². The van der Waals surface area contributed by atoms with E-state index in [2.05, 4.69) is 26.8 Å². The number of aryl methyl sites for hydroxylation is 1. The van der Waals surface area contributed by atoms with Gasteiger partial charge >= 0.3 is 17.7 Å². The van der Waals surface area contributed by atoms with Crippen LogP contribution in [0.3, 0.4) is 0 Å². The van der Waals surface area contributed by atoms with Crippen LogP contribution in [0.5, 0.6) is 6.01 Å². The predicted octanol–water partition coefficient (Wildman–Crippen LogP) is 3.12. The number of aromatic amines is 1. The van der Waals surface area contributed by atoms with Crippen molar-refractivity contribution in [2.45, 2.75) is 52.1 Å². The lowest BCUT2D eigenvalue weighted by Crippen LogP contribution is -2.28. The number of benzene rings is 1. The lowest BCUT2D eigenvalue weighted by Gasteiger charge is -2.22. The van der Waals surface area contributed by atoms with Crippen LogP contribution < -0.4 is 16.2 Å². The van der Waals surface area contributed by atoms with Crippen LogP contribution in [0.4, 0.5) is 5.82 Å². The van der Waals surface area contributed by atoms with Crippen molar-refractivity contribution in [2.75, 3.05) is 38.4 Å². The number of rotatable bonds is 15. The van der Waals surface area contributed by atoms with Gasteiger partial charge in [0.05, 0.1) is 20.1 Å². The molecule has 3 rings (SSSR count). The van der Waals surface area contributed by atoms with Gasteiger partial charge in [-0.1, -0.05) is 37.6 Å². The molecule has 1 aromatic carbocycles. The summed E-state index contributed by atoms with van der Waals surface area (Å²) in [6.07, 6.45) is 3.67. The highest BCUT2D eigenvalue weighted by Crippen LogP contribution is 2.18. The average molecular weight is 519 g/mol. The number of nitrogen functional groups attached to an aromatic ring is 1. The minimum absolute atomic E-state index is 0.178. The molecule has 0 aliphatic heterocycles. The number of methoxy groups -OCH3 is 1. The number of esters is 1. The second kappa shape index (κ2) is 13.8. The Hall–Kier alpha value is -3.11. The number of hydrogen-bond acceptors (Lipinski definition) is 8. The molecule has 196 valence electrons. The van der Waals surface area contributed by atoms with Gasteiger partial charge in [0.2, 0.25) is 0 Å². The molecule has 0 aliphatic rings. The standard InChI is InChI=1S/C25H35ClN6O4/c1-3-4-14-36-24-29-22(27)21-23(30-24)32(25(34)28-21)13-7-12-31(11-6-10-26)17-19-9-5-8-18(15-19)16-20(33)35-2/h5,8-9,15H,3-4,6-7,10-14,16-17H2,1-2H3,(H,28,34)(H2,27,29,30). The molecule has 0 saturated carbocycles. The number of carbonyl (C=O) groups is 1. The first kappa shape index (κ1) is 27.5. The highest BCUT2D eigenvalue weighted by molar-refractivity contribution is 6.17. The summed E-state index contributed by atoms with van der Waals surface area (Å²) in [5, 5.41) is 0. The van der Waals surface area contributed by atoms with Crippen molar-refractivity contribution in [3.8, 4) is 6.01 Å².